The molecule has 0 saturated carbocycles. The number of carbonyl (C=O) groups is 1. The maximum absolute atomic E-state index is 12.7. The number of H-pyrrole nitrogens is 1. The van der Waals surface area contributed by atoms with Gasteiger partial charge in [-0.3, -0.25) is 9.89 Å². The minimum atomic E-state index is -0.347. The summed E-state index contributed by atoms with van der Waals surface area (Å²) in [5.74, 6) is -0.139. The van der Waals surface area contributed by atoms with Crippen LogP contribution in [0.4, 0.5) is 0 Å². The molecule has 2 N–H and O–H groups in total. The first-order valence-corrected chi connectivity index (χ1v) is 7.74. The van der Waals surface area contributed by atoms with Crippen molar-refractivity contribution in [2.24, 2.45) is 0 Å². The van der Waals surface area contributed by atoms with Crippen molar-refractivity contribution in [3.63, 3.8) is 0 Å². The molecule has 1 aliphatic carbocycles. The van der Waals surface area contributed by atoms with Crippen molar-refractivity contribution < 1.29 is 14.3 Å². The van der Waals surface area contributed by atoms with Gasteiger partial charge >= 0.3 is 0 Å². The van der Waals surface area contributed by atoms with E-state index in [-0.39, 0.29) is 23.7 Å². The first-order chi connectivity index (χ1) is 10.5. The number of nitrogens with zero attached hydrogens (tertiary/aromatic N) is 1. The lowest BCUT2D eigenvalue weighted by Crippen LogP contribution is -2.50. The van der Waals surface area contributed by atoms with Gasteiger partial charge in [0.15, 0.2) is 5.69 Å². The molecule has 1 aromatic rings. The Morgan fingerprint density at radius 2 is 2.23 bits per heavy atom. The SMILES string of the molecule is COCC1(NC(=O)c2n[nH]c3c2C[C@H](C)O[C@@H]3C)CC=CC1. The molecule has 22 heavy (non-hydrogen) atoms. The number of ether oxygens (including phenoxy) is 2. The van der Waals surface area contributed by atoms with Gasteiger partial charge in [-0.25, -0.2) is 0 Å². The monoisotopic (exact) mass is 305 g/mol. The first-order valence-electron chi connectivity index (χ1n) is 7.74. The van der Waals surface area contributed by atoms with E-state index in [1.54, 1.807) is 7.11 Å². The molecule has 1 aromatic heterocycles. The van der Waals surface area contributed by atoms with Crippen LogP contribution in [-0.2, 0) is 15.9 Å². The standard InChI is InChI=1S/C16H23N3O3/c1-10-8-12-13(11(2)22-10)18-19-14(12)15(20)17-16(9-21-3)6-4-5-7-16/h4-5,10-11H,6-9H2,1-3H3,(H,17,20)(H,18,19)/t10-,11+/m0/s1. The molecule has 0 spiro atoms. The van der Waals surface area contributed by atoms with Crippen LogP contribution in [0.15, 0.2) is 12.2 Å². The molecule has 0 radical (unpaired) electrons. The lowest BCUT2D eigenvalue weighted by molar-refractivity contribution is -0.00698. The highest BCUT2D eigenvalue weighted by molar-refractivity contribution is 5.94. The number of aromatic nitrogens is 2. The van der Waals surface area contributed by atoms with Gasteiger partial charge in [0.25, 0.3) is 5.91 Å². The molecule has 6 nitrogen and oxygen atoms in total. The van der Waals surface area contributed by atoms with Gasteiger partial charge in [-0.05, 0) is 26.7 Å². The maximum Gasteiger partial charge on any atom is 0.272 e. The smallest absolute Gasteiger partial charge is 0.272 e. The Balaban J connectivity index is 1.81. The molecule has 0 saturated heterocycles. The number of hydrogen-bond acceptors (Lipinski definition) is 4. The summed E-state index contributed by atoms with van der Waals surface area (Å²) in [6.07, 6.45) is 6.47. The van der Waals surface area contributed by atoms with Gasteiger partial charge in [0.1, 0.15) is 0 Å². The molecule has 0 bridgehead atoms. The zero-order valence-corrected chi connectivity index (χ0v) is 13.3. The van der Waals surface area contributed by atoms with Crippen molar-refractivity contribution in [1.29, 1.82) is 0 Å². The fourth-order valence-corrected chi connectivity index (χ4v) is 3.39. The minimum Gasteiger partial charge on any atom is -0.382 e. The van der Waals surface area contributed by atoms with Gasteiger partial charge in [0, 0.05) is 19.1 Å². The molecular weight excluding hydrogens is 282 g/mol. The molecule has 2 heterocycles. The Labute approximate surface area is 130 Å². The first kappa shape index (κ1) is 15.2. The average molecular weight is 305 g/mol. The van der Waals surface area contributed by atoms with E-state index in [1.807, 2.05) is 13.8 Å². The van der Waals surface area contributed by atoms with Crippen LogP contribution in [0, 0.1) is 0 Å². The van der Waals surface area contributed by atoms with Crippen LogP contribution in [0.5, 0.6) is 0 Å². The van der Waals surface area contributed by atoms with Crippen LogP contribution in [0.25, 0.3) is 0 Å². The molecule has 6 heteroatoms. The largest absolute Gasteiger partial charge is 0.382 e. The lowest BCUT2D eigenvalue weighted by Gasteiger charge is -2.30. The predicted octanol–water partition coefficient (Wildman–Crippen LogP) is 1.90. The third-order valence-electron chi connectivity index (χ3n) is 4.43. The lowest BCUT2D eigenvalue weighted by atomic mass is 9.96. The predicted molar refractivity (Wildman–Crippen MR) is 81.7 cm³/mol. The summed E-state index contributed by atoms with van der Waals surface area (Å²) in [7, 11) is 1.66. The molecule has 3 rings (SSSR count). The highest BCUT2D eigenvalue weighted by Crippen LogP contribution is 2.31. The van der Waals surface area contributed by atoms with E-state index in [0.717, 1.165) is 24.1 Å². The number of methoxy groups -OCH3 is 1. The van der Waals surface area contributed by atoms with Gasteiger partial charge in [-0.2, -0.15) is 5.10 Å². The van der Waals surface area contributed by atoms with E-state index in [1.165, 1.54) is 0 Å². The Kier molecular flexibility index (Phi) is 4.06. The molecule has 2 aliphatic rings. The normalized spacial score (nSPS) is 26.0. The molecular formula is C16H23N3O3. The third kappa shape index (κ3) is 2.68. The van der Waals surface area contributed by atoms with Gasteiger partial charge in [-0.1, -0.05) is 12.2 Å². The number of hydrogen-bond donors (Lipinski definition) is 2. The number of fused-ring (bicyclic) bond motifs is 1. The van der Waals surface area contributed by atoms with E-state index in [4.69, 9.17) is 9.47 Å². The van der Waals surface area contributed by atoms with Crippen LogP contribution in [0.1, 0.15) is 54.5 Å². The summed E-state index contributed by atoms with van der Waals surface area (Å²) in [6, 6.07) is 0. The second kappa shape index (κ2) is 5.85. The Bertz CT molecular complexity index is 585. The Hall–Kier alpha value is -1.66. The highest BCUT2D eigenvalue weighted by atomic mass is 16.5. The number of rotatable bonds is 4. The minimum absolute atomic E-state index is 0.0612. The van der Waals surface area contributed by atoms with Gasteiger partial charge < -0.3 is 14.8 Å². The van der Waals surface area contributed by atoms with Crippen LogP contribution < -0.4 is 5.32 Å². The number of amides is 1. The molecule has 0 unspecified atom stereocenters. The summed E-state index contributed by atoms with van der Waals surface area (Å²) < 4.78 is 11.1. The molecule has 2 atom stereocenters. The zero-order chi connectivity index (χ0) is 15.7. The molecule has 1 aliphatic heterocycles. The summed E-state index contributed by atoms with van der Waals surface area (Å²) in [5.41, 5.74) is 2.02. The van der Waals surface area contributed by atoms with Crippen molar-refractivity contribution in [1.82, 2.24) is 15.5 Å². The van der Waals surface area contributed by atoms with E-state index in [9.17, 15) is 4.79 Å². The van der Waals surface area contributed by atoms with E-state index in [0.29, 0.717) is 18.7 Å². The number of nitrogens with one attached hydrogen (secondary N) is 2. The second-order valence-corrected chi connectivity index (χ2v) is 6.30. The van der Waals surface area contributed by atoms with Crippen molar-refractivity contribution in [2.75, 3.05) is 13.7 Å². The molecule has 1 amide bonds. The maximum atomic E-state index is 12.7. The summed E-state index contributed by atoms with van der Waals surface area (Å²) >= 11 is 0. The molecule has 0 fully saturated rings. The van der Waals surface area contributed by atoms with Gasteiger partial charge in [0.05, 0.1) is 30.0 Å². The summed E-state index contributed by atoms with van der Waals surface area (Å²) in [6.45, 7) is 4.48. The number of aromatic amines is 1. The second-order valence-electron chi connectivity index (χ2n) is 6.30. The zero-order valence-electron chi connectivity index (χ0n) is 13.3. The molecule has 120 valence electrons. The third-order valence-corrected chi connectivity index (χ3v) is 4.43. The topological polar surface area (TPSA) is 76.2 Å². The van der Waals surface area contributed by atoms with Crippen LogP contribution in [0.2, 0.25) is 0 Å². The van der Waals surface area contributed by atoms with E-state index >= 15 is 0 Å². The quantitative estimate of drug-likeness (QED) is 0.833. The van der Waals surface area contributed by atoms with Crippen LogP contribution in [-0.4, -0.2) is 41.5 Å². The molecule has 0 aromatic carbocycles. The van der Waals surface area contributed by atoms with Gasteiger partial charge in [0.2, 0.25) is 0 Å². The number of carbonyl (C=O) groups excluding carboxylic acids is 1. The van der Waals surface area contributed by atoms with E-state index in [2.05, 4.69) is 27.7 Å². The Morgan fingerprint density at radius 3 is 2.91 bits per heavy atom. The van der Waals surface area contributed by atoms with Crippen LogP contribution in [0.3, 0.4) is 0 Å². The Morgan fingerprint density at radius 1 is 1.50 bits per heavy atom. The average Bonchev–Trinajstić information content (AvgIpc) is 3.06. The fraction of sp³-hybridized carbons (Fsp3) is 0.625. The van der Waals surface area contributed by atoms with Crippen molar-refractivity contribution in [3.05, 3.63) is 29.1 Å². The van der Waals surface area contributed by atoms with E-state index < -0.39 is 0 Å². The van der Waals surface area contributed by atoms with Crippen molar-refractivity contribution in [2.45, 2.75) is 50.9 Å². The fourth-order valence-electron chi connectivity index (χ4n) is 3.39. The highest BCUT2D eigenvalue weighted by Gasteiger charge is 2.36. The summed E-state index contributed by atoms with van der Waals surface area (Å²) in [5, 5.41) is 10.3. The van der Waals surface area contributed by atoms with Crippen molar-refractivity contribution >= 4 is 5.91 Å². The van der Waals surface area contributed by atoms with Gasteiger partial charge in [-0.15, -0.1) is 0 Å². The van der Waals surface area contributed by atoms with Crippen LogP contribution >= 0.6 is 0 Å². The summed E-state index contributed by atoms with van der Waals surface area (Å²) in [4.78, 5) is 12.7. The van der Waals surface area contributed by atoms with Crippen molar-refractivity contribution in [3.8, 4) is 0 Å².